The van der Waals surface area contributed by atoms with Crippen molar-refractivity contribution in [2.24, 2.45) is 0 Å². The summed E-state index contributed by atoms with van der Waals surface area (Å²) in [4.78, 5) is 23.7. The van der Waals surface area contributed by atoms with Crippen molar-refractivity contribution in [2.75, 3.05) is 6.54 Å². The van der Waals surface area contributed by atoms with E-state index in [1.807, 2.05) is 12.1 Å². The van der Waals surface area contributed by atoms with E-state index < -0.39 is 0 Å². The summed E-state index contributed by atoms with van der Waals surface area (Å²) in [6.07, 6.45) is 4.55. The van der Waals surface area contributed by atoms with Crippen LogP contribution < -0.4 is 5.32 Å². The number of fused-ring (bicyclic) bond motifs is 1. The van der Waals surface area contributed by atoms with Crippen LogP contribution in [-0.2, 0) is 6.42 Å². The summed E-state index contributed by atoms with van der Waals surface area (Å²) < 4.78 is 0. The fourth-order valence-electron chi connectivity index (χ4n) is 2.27. The standard InChI is InChI=1S/C15H19NO2/c1-2-3-4-5-14(17)12-7-6-11-8-9-16-15(18)13(11)10-12/h6-7,10H,2-5,8-9H2,1H3,(H,16,18). The van der Waals surface area contributed by atoms with Gasteiger partial charge in [0.25, 0.3) is 5.91 Å². The molecule has 0 spiro atoms. The van der Waals surface area contributed by atoms with E-state index in [-0.39, 0.29) is 11.7 Å². The number of ketones is 1. The monoisotopic (exact) mass is 245 g/mol. The minimum atomic E-state index is -0.0561. The molecular formula is C15H19NO2. The zero-order valence-electron chi connectivity index (χ0n) is 10.8. The Morgan fingerprint density at radius 3 is 2.94 bits per heavy atom. The molecule has 1 amide bonds. The lowest BCUT2D eigenvalue weighted by molar-refractivity contribution is 0.0946. The molecule has 3 heteroatoms. The van der Waals surface area contributed by atoms with Crippen molar-refractivity contribution in [3.8, 4) is 0 Å². The molecule has 1 aliphatic rings. The fraction of sp³-hybridized carbons (Fsp3) is 0.467. The minimum absolute atomic E-state index is 0.0561. The van der Waals surface area contributed by atoms with Crippen molar-refractivity contribution >= 4 is 11.7 Å². The fourth-order valence-corrected chi connectivity index (χ4v) is 2.27. The highest BCUT2D eigenvalue weighted by molar-refractivity contribution is 6.02. The molecule has 3 nitrogen and oxygen atoms in total. The average Bonchev–Trinajstić information content (AvgIpc) is 2.39. The second-order valence-corrected chi connectivity index (χ2v) is 4.76. The van der Waals surface area contributed by atoms with Gasteiger partial charge in [0.15, 0.2) is 5.78 Å². The smallest absolute Gasteiger partial charge is 0.251 e. The van der Waals surface area contributed by atoms with E-state index >= 15 is 0 Å². The second kappa shape index (κ2) is 5.80. The van der Waals surface area contributed by atoms with Gasteiger partial charge in [-0.15, -0.1) is 0 Å². The van der Waals surface area contributed by atoms with Crippen LogP contribution in [0.2, 0.25) is 0 Å². The van der Waals surface area contributed by atoms with Gasteiger partial charge in [-0.05, 0) is 24.5 Å². The third kappa shape index (κ3) is 2.78. The van der Waals surface area contributed by atoms with E-state index in [2.05, 4.69) is 12.2 Å². The lowest BCUT2D eigenvalue weighted by Crippen LogP contribution is -2.31. The minimum Gasteiger partial charge on any atom is -0.352 e. The Morgan fingerprint density at radius 1 is 1.33 bits per heavy atom. The van der Waals surface area contributed by atoms with Crippen LogP contribution in [0.1, 0.15) is 58.9 Å². The second-order valence-electron chi connectivity index (χ2n) is 4.76. The largest absolute Gasteiger partial charge is 0.352 e. The van der Waals surface area contributed by atoms with Crippen molar-refractivity contribution in [3.05, 3.63) is 34.9 Å². The molecule has 0 atom stereocenters. The van der Waals surface area contributed by atoms with E-state index in [9.17, 15) is 9.59 Å². The Hall–Kier alpha value is -1.64. The van der Waals surface area contributed by atoms with E-state index in [4.69, 9.17) is 0 Å². The molecule has 0 fully saturated rings. The number of unbranched alkanes of at least 4 members (excludes halogenated alkanes) is 2. The van der Waals surface area contributed by atoms with E-state index in [0.717, 1.165) is 31.2 Å². The summed E-state index contributed by atoms with van der Waals surface area (Å²) in [5, 5.41) is 2.81. The van der Waals surface area contributed by atoms with Gasteiger partial charge in [0, 0.05) is 24.1 Å². The third-order valence-corrected chi connectivity index (χ3v) is 3.36. The summed E-state index contributed by atoms with van der Waals surface area (Å²) >= 11 is 0. The maximum atomic E-state index is 12.0. The van der Waals surface area contributed by atoms with Crippen molar-refractivity contribution in [1.82, 2.24) is 5.32 Å². The first kappa shape index (κ1) is 12.8. The quantitative estimate of drug-likeness (QED) is 0.640. The first-order chi connectivity index (χ1) is 8.72. The molecule has 1 heterocycles. The number of hydrogen-bond acceptors (Lipinski definition) is 2. The molecule has 2 rings (SSSR count). The van der Waals surface area contributed by atoms with Crippen LogP contribution in [0, 0.1) is 0 Å². The van der Waals surface area contributed by atoms with Crippen LogP contribution >= 0.6 is 0 Å². The lowest BCUT2D eigenvalue weighted by Gasteiger charge is -2.16. The number of amides is 1. The highest BCUT2D eigenvalue weighted by atomic mass is 16.1. The Morgan fingerprint density at radius 2 is 2.17 bits per heavy atom. The maximum absolute atomic E-state index is 12.0. The highest BCUT2D eigenvalue weighted by Crippen LogP contribution is 2.17. The van der Waals surface area contributed by atoms with Gasteiger partial charge in [0.2, 0.25) is 0 Å². The molecule has 1 aliphatic heterocycles. The zero-order chi connectivity index (χ0) is 13.0. The number of Topliss-reactive ketones (excluding diaryl/α,β-unsaturated/α-hetero) is 1. The molecular weight excluding hydrogens is 226 g/mol. The normalized spacial score (nSPS) is 13.9. The summed E-state index contributed by atoms with van der Waals surface area (Å²) in [7, 11) is 0. The molecule has 1 N–H and O–H groups in total. The molecule has 0 radical (unpaired) electrons. The molecule has 0 aliphatic carbocycles. The number of hydrogen-bond donors (Lipinski definition) is 1. The van der Waals surface area contributed by atoms with Gasteiger partial charge in [-0.25, -0.2) is 0 Å². The summed E-state index contributed by atoms with van der Waals surface area (Å²) in [5.74, 6) is 0.0871. The predicted molar refractivity (Wildman–Crippen MR) is 71.0 cm³/mol. The van der Waals surface area contributed by atoms with Crippen LogP contribution in [0.3, 0.4) is 0 Å². The Labute approximate surface area is 108 Å². The molecule has 0 bridgehead atoms. The SMILES string of the molecule is CCCCCC(=O)c1ccc2c(c1)C(=O)NCC2. The van der Waals surface area contributed by atoms with Gasteiger partial charge in [-0.2, -0.15) is 0 Å². The van der Waals surface area contributed by atoms with Crippen molar-refractivity contribution < 1.29 is 9.59 Å². The number of carbonyl (C=O) groups is 2. The maximum Gasteiger partial charge on any atom is 0.251 e. The van der Waals surface area contributed by atoms with E-state index in [1.165, 1.54) is 0 Å². The van der Waals surface area contributed by atoms with Crippen LogP contribution in [0.5, 0.6) is 0 Å². The Balaban J connectivity index is 2.12. The van der Waals surface area contributed by atoms with Gasteiger partial charge < -0.3 is 5.32 Å². The number of carbonyl (C=O) groups excluding carboxylic acids is 2. The summed E-state index contributed by atoms with van der Waals surface area (Å²) in [6.45, 7) is 2.81. The van der Waals surface area contributed by atoms with Gasteiger partial charge in [-0.3, -0.25) is 9.59 Å². The molecule has 1 aromatic carbocycles. The van der Waals surface area contributed by atoms with Crippen LogP contribution in [-0.4, -0.2) is 18.2 Å². The molecule has 18 heavy (non-hydrogen) atoms. The molecule has 1 aromatic rings. The van der Waals surface area contributed by atoms with E-state index in [1.54, 1.807) is 6.07 Å². The number of nitrogens with one attached hydrogen (secondary N) is 1. The lowest BCUT2D eigenvalue weighted by atomic mass is 9.95. The van der Waals surface area contributed by atoms with E-state index in [0.29, 0.717) is 24.1 Å². The van der Waals surface area contributed by atoms with Crippen LogP contribution in [0.25, 0.3) is 0 Å². The Bertz CT molecular complexity index is 466. The van der Waals surface area contributed by atoms with Crippen LogP contribution in [0.15, 0.2) is 18.2 Å². The average molecular weight is 245 g/mol. The predicted octanol–water partition coefficient (Wildman–Crippen LogP) is 2.74. The molecule has 96 valence electrons. The molecule has 0 saturated carbocycles. The van der Waals surface area contributed by atoms with Gasteiger partial charge in [0.05, 0.1) is 0 Å². The third-order valence-electron chi connectivity index (χ3n) is 3.36. The molecule has 0 saturated heterocycles. The van der Waals surface area contributed by atoms with Crippen molar-refractivity contribution in [2.45, 2.75) is 39.0 Å². The van der Waals surface area contributed by atoms with Crippen molar-refractivity contribution in [3.63, 3.8) is 0 Å². The van der Waals surface area contributed by atoms with Gasteiger partial charge in [0.1, 0.15) is 0 Å². The summed E-state index contributed by atoms with van der Waals surface area (Å²) in [6, 6.07) is 5.52. The summed E-state index contributed by atoms with van der Waals surface area (Å²) in [5.41, 5.74) is 2.38. The topological polar surface area (TPSA) is 46.2 Å². The van der Waals surface area contributed by atoms with Crippen molar-refractivity contribution in [1.29, 1.82) is 0 Å². The van der Waals surface area contributed by atoms with Gasteiger partial charge in [-0.1, -0.05) is 31.9 Å². The van der Waals surface area contributed by atoms with Gasteiger partial charge >= 0.3 is 0 Å². The Kier molecular flexibility index (Phi) is 4.13. The first-order valence-corrected chi connectivity index (χ1v) is 6.66. The first-order valence-electron chi connectivity index (χ1n) is 6.66. The van der Waals surface area contributed by atoms with Crippen LogP contribution in [0.4, 0.5) is 0 Å². The number of benzene rings is 1. The zero-order valence-corrected chi connectivity index (χ0v) is 10.8. The number of rotatable bonds is 5. The molecule has 0 aromatic heterocycles. The molecule has 0 unspecified atom stereocenters. The highest BCUT2D eigenvalue weighted by Gasteiger charge is 2.18.